The third-order valence-electron chi connectivity index (χ3n) is 5.00. The van der Waals surface area contributed by atoms with E-state index in [0.29, 0.717) is 25.5 Å². The van der Waals surface area contributed by atoms with Gasteiger partial charge < -0.3 is 19.0 Å². The summed E-state index contributed by atoms with van der Waals surface area (Å²) in [6, 6.07) is 17.5. The second-order valence-electron chi connectivity index (χ2n) is 7.21. The van der Waals surface area contributed by atoms with Gasteiger partial charge in [0.05, 0.1) is 18.4 Å². The summed E-state index contributed by atoms with van der Waals surface area (Å²) in [6.07, 6.45) is 0.737. The maximum atomic E-state index is 9.15. The molecule has 1 fully saturated rings. The molecular formula is C23H26N2O4. The maximum absolute atomic E-state index is 9.15. The Morgan fingerprint density at radius 2 is 1.97 bits per heavy atom. The van der Waals surface area contributed by atoms with E-state index in [1.165, 1.54) is 0 Å². The van der Waals surface area contributed by atoms with Crippen LogP contribution in [0.3, 0.4) is 0 Å². The van der Waals surface area contributed by atoms with Crippen molar-refractivity contribution in [2.75, 3.05) is 26.3 Å². The van der Waals surface area contributed by atoms with Crippen LogP contribution in [-0.4, -0.2) is 47.4 Å². The molecule has 2 aromatic carbocycles. The standard InChI is InChI=1S/C23H26N2O4/c1-17-22(16-25-11-13-27-21(15-25)10-12-26)24-23(28-17)18-6-5-9-20(14-18)29-19-7-3-2-4-8-19/h2-9,14,21,26H,10-13,15-16H2,1H3/t21-/m1/s1. The molecule has 1 saturated heterocycles. The molecule has 1 aliphatic heterocycles. The Hall–Kier alpha value is -2.67. The van der Waals surface area contributed by atoms with Crippen molar-refractivity contribution in [1.82, 2.24) is 9.88 Å². The first kappa shape index (κ1) is 19.6. The average molecular weight is 394 g/mol. The van der Waals surface area contributed by atoms with Gasteiger partial charge in [-0.2, -0.15) is 0 Å². The molecule has 0 saturated carbocycles. The van der Waals surface area contributed by atoms with E-state index in [1.807, 2.05) is 61.5 Å². The van der Waals surface area contributed by atoms with E-state index in [1.54, 1.807) is 0 Å². The summed E-state index contributed by atoms with van der Waals surface area (Å²) >= 11 is 0. The number of aliphatic hydroxyl groups is 1. The summed E-state index contributed by atoms with van der Waals surface area (Å²) in [6.45, 7) is 5.12. The zero-order valence-electron chi connectivity index (χ0n) is 16.6. The Balaban J connectivity index is 1.47. The van der Waals surface area contributed by atoms with Crippen molar-refractivity contribution in [2.24, 2.45) is 0 Å². The molecule has 6 heteroatoms. The molecule has 1 atom stereocenters. The molecule has 2 heterocycles. The SMILES string of the molecule is Cc1oc(-c2cccc(Oc3ccccc3)c2)nc1CN1CCO[C@H](CCO)C1. The lowest BCUT2D eigenvalue weighted by molar-refractivity contribution is -0.0411. The van der Waals surface area contributed by atoms with E-state index in [-0.39, 0.29) is 12.7 Å². The number of oxazole rings is 1. The molecule has 29 heavy (non-hydrogen) atoms. The van der Waals surface area contributed by atoms with E-state index < -0.39 is 0 Å². The third kappa shape index (κ3) is 5.03. The lowest BCUT2D eigenvalue weighted by Gasteiger charge is -2.32. The number of para-hydroxylation sites is 1. The Morgan fingerprint density at radius 3 is 2.79 bits per heavy atom. The number of aryl methyl sites for hydroxylation is 1. The number of nitrogens with zero attached hydrogens (tertiary/aromatic N) is 2. The molecule has 0 amide bonds. The number of rotatable bonds is 7. The Bertz CT molecular complexity index is 924. The van der Waals surface area contributed by atoms with E-state index in [0.717, 1.165) is 41.6 Å². The number of hydrogen-bond donors (Lipinski definition) is 1. The number of hydrogen-bond acceptors (Lipinski definition) is 6. The van der Waals surface area contributed by atoms with Crippen LogP contribution in [0.15, 0.2) is 59.0 Å². The highest BCUT2D eigenvalue weighted by Gasteiger charge is 2.22. The van der Waals surface area contributed by atoms with E-state index in [4.69, 9.17) is 24.0 Å². The minimum Gasteiger partial charge on any atom is -0.457 e. The average Bonchev–Trinajstić information content (AvgIpc) is 3.10. The summed E-state index contributed by atoms with van der Waals surface area (Å²) in [5.41, 5.74) is 1.81. The van der Waals surface area contributed by atoms with Crippen LogP contribution >= 0.6 is 0 Å². The lowest BCUT2D eigenvalue weighted by atomic mass is 10.2. The molecule has 1 aliphatic rings. The van der Waals surface area contributed by atoms with Crippen LogP contribution in [-0.2, 0) is 11.3 Å². The highest BCUT2D eigenvalue weighted by Crippen LogP contribution is 2.28. The van der Waals surface area contributed by atoms with Crippen LogP contribution in [0.5, 0.6) is 11.5 Å². The summed E-state index contributed by atoms with van der Waals surface area (Å²) in [5.74, 6) is 2.94. The normalized spacial score (nSPS) is 17.4. The second-order valence-corrected chi connectivity index (χ2v) is 7.21. The van der Waals surface area contributed by atoms with Gasteiger partial charge in [0.25, 0.3) is 0 Å². The largest absolute Gasteiger partial charge is 0.457 e. The monoisotopic (exact) mass is 394 g/mol. The molecule has 0 unspecified atom stereocenters. The highest BCUT2D eigenvalue weighted by molar-refractivity contribution is 5.57. The zero-order chi connectivity index (χ0) is 20.1. The van der Waals surface area contributed by atoms with Gasteiger partial charge in [-0.3, -0.25) is 4.90 Å². The van der Waals surface area contributed by atoms with Crippen molar-refractivity contribution in [3.63, 3.8) is 0 Å². The van der Waals surface area contributed by atoms with Crippen LogP contribution in [0.1, 0.15) is 17.9 Å². The van der Waals surface area contributed by atoms with Gasteiger partial charge >= 0.3 is 0 Å². The van der Waals surface area contributed by atoms with Gasteiger partial charge in [0.1, 0.15) is 17.3 Å². The van der Waals surface area contributed by atoms with Gasteiger partial charge in [0.2, 0.25) is 5.89 Å². The van der Waals surface area contributed by atoms with Gasteiger partial charge in [0, 0.05) is 31.8 Å². The summed E-state index contributed by atoms with van der Waals surface area (Å²) in [7, 11) is 0. The molecule has 0 bridgehead atoms. The van der Waals surface area contributed by atoms with Gasteiger partial charge in [-0.15, -0.1) is 0 Å². The van der Waals surface area contributed by atoms with Crippen molar-refractivity contribution < 1.29 is 19.0 Å². The van der Waals surface area contributed by atoms with Crippen LogP contribution < -0.4 is 4.74 Å². The van der Waals surface area contributed by atoms with Crippen molar-refractivity contribution in [3.8, 4) is 23.0 Å². The predicted octanol–water partition coefficient (Wildman–Crippen LogP) is 4.03. The predicted molar refractivity (Wildman–Crippen MR) is 110 cm³/mol. The Morgan fingerprint density at radius 1 is 1.14 bits per heavy atom. The van der Waals surface area contributed by atoms with Gasteiger partial charge in [-0.05, 0) is 43.7 Å². The molecule has 0 spiro atoms. The number of aromatic nitrogens is 1. The fourth-order valence-corrected chi connectivity index (χ4v) is 3.47. The molecule has 1 aromatic heterocycles. The van der Waals surface area contributed by atoms with Crippen molar-refractivity contribution in [1.29, 1.82) is 0 Å². The first-order valence-corrected chi connectivity index (χ1v) is 9.96. The van der Waals surface area contributed by atoms with E-state index in [9.17, 15) is 0 Å². The lowest BCUT2D eigenvalue weighted by Crippen LogP contribution is -2.42. The third-order valence-corrected chi connectivity index (χ3v) is 5.00. The van der Waals surface area contributed by atoms with Crippen molar-refractivity contribution in [2.45, 2.75) is 26.0 Å². The van der Waals surface area contributed by atoms with Crippen LogP contribution in [0.25, 0.3) is 11.5 Å². The first-order valence-electron chi connectivity index (χ1n) is 9.96. The fourth-order valence-electron chi connectivity index (χ4n) is 3.47. The highest BCUT2D eigenvalue weighted by atomic mass is 16.5. The summed E-state index contributed by atoms with van der Waals surface area (Å²) in [5, 5.41) is 9.15. The number of ether oxygens (including phenoxy) is 2. The minimum absolute atomic E-state index is 0.0762. The molecular weight excluding hydrogens is 368 g/mol. The van der Waals surface area contributed by atoms with Gasteiger partial charge in [0.15, 0.2) is 0 Å². The van der Waals surface area contributed by atoms with E-state index in [2.05, 4.69) is 4.90 Å². The van der Waals surface area contributed by atoms with Crippen LogP contribution in [0.4, 0.5) is 0 Å². The second kappa shape index (κ2) is 9.22. The summed E-state index contributed by atoms with van der Waals surface area (Å²) < 4.78 is 17.6. The molecule has 152 valence electrons. The molecule has 1 N–H and O–H groups in total. The number of aliphatic hydroxyl groups excluding tert-OH is 1. The molecule has 0 radical (unpaired) electrons. The minimum atomic E-state index is 0.0762. The number of morpholine rings is 1. The Kier molecular flexibility index (Phi) is 6.24. The van der Waals surface area contributed by atoms with Crippen molar-refractivity contribution in [3.05, 3.63) is 66.1 Å². The number of benzene rings is 2. The summed E-state index contributed by atoms with van der Waals surface area (Å²) in [4.78, 5) is 7.04. The van der Waals surface area contributed by atoms with E-state index >= 15 is 0 Å². The van der Waals surface area contributed by atoms with Crippen molar-refractivity contribution >= 4 is 0 Å². The fraction of sp³-hybridized carbons (Fsp3) is 0.348. The smallest absolute Gasteiger partial charge is 0.226 e. The Labute approximate surface area is 170 Å². The van der Waals surface area contributed by atoms with Gasteiger partial charge in [-0.25, -0.2) is 4.98 Å². The molecule has 0 aliphatic carbocycles. The van der Waals surface area contributed by atoms with Gasteiger partial charge in [-0.1, -0.05) is 24.3 Å². The first-order chi connectivity index (χ1) is 14.2. The van der Waals surface area contributed by atoms with Crippen LogP contribution in [0, 0.1) is 6.92 Å². The van der Waals surface area contributed by atoms with Crippen LogP contribution in [0.2, 0.25) is 0 Å². The maximum Gasteiger partial charge on any atom is 0.226 e. The topological polar surface area (TPSA) is 68.0 Å². The quantitative estimate of drug-likeness (QED) is 0.653. The zero-order valence-corrected chi connectivity index (χ0v) is 16.6. The molecule has 3 aromatic rings. The molecule has 6 nitrogen and oxygen atoms in total. The molecule has 4 rings (SSSR count).